The maximum absolute atomic E-state index is 10.9. The van der Waals surface area contributed by atoms with Crippen LogP contribution in [0.2, 0.25) is 5.02 Å². The summed E-state index contributed by atoms with van der Waals surface area (Å²) in [6, 6.07) is 5.39. The molecule has 1 aromatic carbocycles. The fourth-order valence-electron chi connectivity index (χ4n) is 0.905. The van der Waals surface area contributed by atoms with Gasteiger partial charge in [-0.15, -0.1) is 0 Å². The third-order valence-electron chi connectivity index (χ3n) is 1.61. The first-order valence-corrected chi connectivity index (χ1v) is 4.13. The van der Waals surface area contributed by atoms with E-state index in [0.29, 0.717) is 10.7 Å². The molecule has 0 saturated heterocycles. The molecule has 4 heteroatoms. The minimum absolute atomic E-state index is 0.521. The predicted octanol–water partition coefficient (Wildman–Crippen LogP) is 2.83. The van der Waals surface area contributed by atoms with Gasteiger partial charge >= 0.3 is 6.09 Å². The monoisotopic (exact) mass is 199 g/mol. The van der Waals surface area contributed by atoms with Gasteiger partial charge in [0.25, 0.3) is 0 Å². The lowest BCUT2D eigenvalue weighted by atomic mass is 10.2. The Kier molecular flexibility index (Phi) is 3.14. The number of anilines is 1. The predicted molar refractivity (Wildman–Crippen MR) is 52.2 cm³/mol. The first-order chi connectivity index (χ1) is 6.15. The third-order valence-corrected chi connectivity index (χ3v) is 2.12. The number of methoxy groups -OCH3 is 1. The molecule has 13 heavy (non-hydrogen) atoms. The van der Waals surface area contributed by atoms with E-state index in [1.54, 1.807) is 6.07 Å². The highest BCUT2D eigenvalue weighted by atomic mass is 35.5. The number of nitrogens with one attached hydrogen (secondary N) is 1. The third kappa shape index (κ3) is 2.36. The summed E-state index contributed by atoms with van der Waals surface area (Å²) in [5.74, 6) is 0. The first-order valence-electron chi connectivity index (χ1n) is 3.75. The number of rotatable bonds is 1. The van der Waals surface area contributed by atoms with Crippen molar-refractivity contribution < 1.29 is 9.53 Å². The van der Waals surface area contributed by atoms with Crippen LogP contribution in [0.15, 0.2) is 18.2 Å². The van der Waals surface area contributed by atoms with Gasteiger partial charge in [-0.25, -0.2) is 4.79 Å². The van der Waals surface area contributed by atoms with Gasteiger partial charge in [0.2, 0.25) is 0 Å². The van der Waals surface area contributed by atoms with E-state index in [1.807, 2.05) is 19.1 Å². The van der Waals surface area contributed by atoms with Crippen LogP contribution in [0.25, 0.3) is 0 Å². The average molecular weight is 200 g/mol. The molecule has 0 atom stereocenters. The van der Waals surface area contributed by atoms with Gasteiger partial charge in [0.1, 0.15) is 0 Å². The van der Waals surface area contributed by atoms with Gasteiger partial charge in [0.15, 0.2) is 0 Å². The smallest absolute Gasteiger partial charge is 0.411 e. The molecular formula is C9H10ClNO2. The van der Waals surface area contributed by atoms with Gasteiger partial charge in [-0.3, -0.25) is 5.32 Å². The number of aryl methyl sites for hydroxylation is 1. The quantitative estimate of drug-likeness (QED) is 0.756. The minimum atomic E-state index is -0.521. The molecule has 1 N–H and O–H groups in total. The van der Waals surface area contributed by atoms with Crippen LogP contribution in [-0.2, 0) is 4.74 Å². The van der Waals surface area contributed by atoms with E-state index in [4.69, 9.17) is 11.6 Å². The van der Waals surface area contributed by atoms with Crippen LogP contribution in [0.1, 0.15) is 5.56 Å². The highest BCUT2D eigenvalue weighted by Crippen LogP contribution is 2.24. The highest BCUT2D eigenvalue weighted by molar-refractivity contribution is 6.34. The molecular weight excluding hydrogens is 190 g/mol. The number of carbonyl (C=O) groups is 1. The second-order valence-corrected chi connectivity index (χ2v) is 2.93. The number of hydrogen-bond donors (Lipinski definition) is 1. The second-order valence-electron chi connectivity index (χ2n) is 2.55. The molecule has 70 valence electrons. The number of ether oxygens (including phenoxy) is 1. The Labute approximate surface area is 81.7 Å². The maximum Gasteiger partial charge on any atom is 0.411 e. The van der Waals surface area contributed by atoms with Crippen molar-refractivity contribution in [2.75, 3.05) is 12.4 Å². The van der Waals surface area contributed by atoms with Crippen LogP contribution in [0.4, 0.5) is 10.5 Å². The summed E-state index contributed by atoms with van der Waals surface area (Å²) in [6.07, 6.45) is -0.521. The topological polar surface area (TPSA) is 38.3 Å². The van der Waals surface area contributed by atoms with Gasteiger partial charge in [-0.05, 0) is 18.6 Å². The van der Waals surface area contributed by atoms with Crippen molar-refractivity contribution in [1.29, 1.82) is 0 Å². The van der Waals surface area contributed by atoms with E-state index >= 15 is 0 Å². The average Bonchev–Trinajstić information content (AvgIpc) is 2.13. The van der Waals surface area contributed by atoms with Crippen molar-refractivity contribution in [3.05, 3.63) is 28.8 Å². The van der Waals surface area contributed by atoms with Gasteiger partial charge in [-0.2, -0.15) is 0 Å². The summed E-state index contributed by atoms with van der Waals surface area (Å²) in [5, 5.41) is 3.04. The molecule has 0 unspecified atom stereocenters. The lowest BCUT2D eigenvalue weighted by molar-refractivity contribution is 0.187. The van der Waals surface area contributed by atoms with Gasteiger partial charge in [0, 0.05) is 0 Å². The second kappa shape index (κ2) is 4.14. The molecule has 0 aliphatic heterocycles. The van der Waals surface area contributed by atoms with Crippen LogP contribution < -0.4 is 5.32 Å². The van der Waals surface area contributed by atoms with Crippen LogP contribution in [0.5, 0.6) is 0 Å². The molecule has 0 heterocycles. The number of carbonyl (C=O) groups excluding carboxylic acids is 1. The molecule has 0 aromatic heterocycles. The molecule has 0 bridgehead atoms. The fourth-order valence-corrected chi connectivity index (χ4v) is 1.08. The van der Waals surface area contributed by atoms with Crippen LogP contribution in [0, 0.1) is 6.92 Å². The summed E-state index contributed by atoms with van der Waals surface area (Å²) in [5.41, 5.74) is 1.48. The van der Waals surface area contributed by atoms with E-state index in [1.165, 1.54) is 7.11 Å². The lowest BCUT2D eigenvalue weighted by Crippen LogP contribution is -2.11. The molecule has 0 saturated carbocycles. The molecule has 1 aromatic rings. The Morgan fingerprint density at radius 1 is 1.54 bits per heavy atom. The van der Waals surface area contributed by atoms with Crippen LogP contribution in [0.3, 0.4) is 0 Å². The SMILES string of the molecule is COC(=O)Nc1cccc(C)c1Cl. The van der Waals surface area contributed by atoms with Gasteiger partial charge in [0.05, 0.1) is 17.8 Å². The van der Waals surface area contributed by atoms with E-state index in [-0.39, 0.29) is 0 Å². The van der Waals surface area contributed by atoms with Crippen LogP contribution >= 0.6 is 11.6 Å². The summed E-state index contributed by atoms with van der Waals surface area (Å²) in [7, 11) is 1.30. The van der Waals surface area contributed by atoms with Crippen molar-refractivity contribution in [3.8, 4) is 0 Å². The Morgan fingerprint density at radius 3 is 2.85 bits per heavy atom. The number of halogens is 1. The van der Waals surface area contributed by atoms with Crippen molar-refractivity contribution in [2.45, 2.75) is 6.92 Å². The zero-order chi connectivity index (χ0) is 9.84. The Morgan fingerprint density at radius 2 is 2.23 bits per heavy atom. The van der Waals surface area contributed by atoms with E-state index in [0.717, 1.165) is 5.56 Å². The molecule has 1 amide bonds. The van der Waals surface area contributed by atoms with E-state index < -0.39 is 6.09 Å². The first kappa shape index (κ1) is 9.86. The van der Waals surface area contributed by atoms with E-state index in [9.17, 15) is 4.79 Å². The largest absolute Gasteiger partial charge is 0.453 e. The molecule has 0 aliphatic carbocycles. The summed E-state index contributed by atoms with van der Waals surface area (Å²) >= 11 is 5.92. The van der Waals surface area contributed by atoms with Crippen LogP contribution in [-0.4, -0.2) is 13.2 Å². The van der Waals surface area contributed by atoms with Crippen molar-refractivity contribution in [1.82, 2.24) is 0 Å². The van der Waals surface area contributed by atoms with Gasteiger partial charge in [-0.1, -0.05) is 23.7 Å². The Bertz CT molecular complexity index is 325. The summed E-state index contributed by atoms with van der Waals surface area (Å²) in [6.45, 7) is 1.87. The number of benzene rings is 1. The minimum Gasteiger partial charge on any atom is -0.453 e. The zero-order valence-electron chi connectivity index (χ0n) is 7.43. The number of amides is 1. The molecule has 3 nitrogen and oxygen atoms in total. The Hall–Kier alpha value is -1.22. The van der Waals surface area contributed by atoms with Crippen molar-refractivity contribution in [2.24, 2.45) is 0 Å². The van der Waals surface area contributed by atoms with Crippen molar-refractivity contribution in [3.63, 3.8) is 0 Å². The summed E-state index contributed by atoms with van der Waals surface area (Å²) < 4.78 is 4.44. The zero-order valence-corrected chi connectivity index (χ0v) is 8.18. The fraction of sp³-hybridized carbons (Fsp3) is 0.222. The normalized spacial score (nSPS) is 9.46. The molecule has 0 aliphatic rings. The Balaban J connectivity index is 2.89. The van der Waals surface area contributed by atoms with Gasteiger partial charge < -0.3 is 4.74 Å². The molecule has 0 spiro atoms. The van der Waals surface area contributed by atoms with Crippen molar-refractivity contribution >= 4 is 23.4 Å². The summed E-state index contributed by atoms with van der Waals surface area (Å²) in [4.78, 5) is 10.9. The molecule has 0 radical (unpaired) electrons. The molecule has 1 rings (SSSR count). The highest BCUT2D eigenvalue weighted by Gasteiger charge is 2.05. The number of hydrogen-bond acceptors (Lipinski definition) is 2. The molecule has 0 fully saturated rings. The maximum atomic E-state index is 10.9. The standard InChI is InChI=1S/C9H10ClNO2/c1-6-4-3-5-7(8(6)10)11-9(12)13-2/h3-5H,1-2H3,(H,11,12). The van der Waals surface area contributed by atoms with E-state index in [2.05, 4.69) is 10.1 Å². The lowest BCUT2D eigenvalue weighted by Gasteiger charge is -2.06.